The van der Waals surface area contributed by atoms with Gasteiger partial charge in [0.15, 0.2) is 0 Å². The Labute approximate surface area is 439 Å². The number of carbonyl (C=O) groups is 8. The van der Waals surface area contributed by atoms with Crippen molar-refractivity contribution >= 4 is 47.4 Å². The number of rotatable bonds is 26. The molecule has 0 fully saturated rings. The van der Waals surface area contributed by atoms with E-state index in [1.165, 1.54) is 13.8 Å². The van der Waals surface area contributed by atoms with Gasteiger partial charge in [0.25, 0.3) is 0 Å². The largest absolute Gasteiger partial charge is 0.488 e. The van der Waals surface area contributed by atoms with Crippen LogP contribution < -0.4 is 42.4 Å². The second-order valence-corrected chi connectivity index (χ2v) is 24.2. The third kappa shape index (κ3) is 26.2. The lowest BCUT2D eigenvalue weighted by molar-refractivity contribution is -0.157. The molecule has 422 valence electrons. The summed E-state index contributed by atoms with van der Waals surface area (Å²) in [6.45, 7) is 33.1. The molecular weight excluding hydrogens is 959 g/mol. The molecule has 0 heterocycles. The van der Waals surface area contributed by atoms with Crippen molar-refractivity contribution in [2.75, 3.05) is 13.2 Å². The van der Waals surface area contributed by atoms with Gasteiger partial charge in [0, 0.05) is 6.42 Å². The number of carboxylic acid groups (broad SMARTS) is 1. The van der Waals surface area contributed by atoms with Crippen molar-refractivity contribution in [3.05, 3.63) is 29.8 Å². The number of hydrogen-bond acceptors (Lipinski definition) is 14. The molecule has 0 unspecified atom stereocenters. The van der Waals surface area contributed by atoms with E-state index in [1.807, 2.05) is 20.8 Å². The second-order valence-electron chi connectivity index (χ2n) is 24.2. The van der Waals surface area contributed by atoms with Gasteiger partial charge in [0.2, 0.25) is 35.4 Å². The van der Waals surface area contributed by atoms with Crippen LogP contribution >= 0.6 is 0 Å². The Morgan fingerprint density at radius 1 is 0.554 bits per heavy atom. The van der Waals surface area contributed by atoms with Crippen LogP contribution in [0.15, 0.2) is 24.3 Å². The second kappa shape index (κ2) is 27.4. The molecule has 0 spiro atoms. The third-order valence-electron chi connectivity index (χ3n) is 10.6. The molecule has 0 bridgehead atoms. The van der Waals surface area contributed by atoms with Crippen LogP contribution in [0, 0.1) is 5.92 Å². The summed E-state index contributed by atoms with van der Waals surface area (Å²) in [6.07, 6.45) is -1.34. The highest BCUT2D eigenvalue weighted by Gasteiger charge is 2.39. The number of carboxylic acids is 1. The maximum Gasteiger partial charge on any atom is 0.328 e. The topological polar surface area (TPSA) is 301 Å². The van der Waals surface area contributed by atoms with Crippen LogP contribution in [0.1, 0.15) is 157 Å². The van der Waals surface area contributed by atoms with Gasteiger partial charge < -0.3 is 66.4 Å². The smallest absolute Gasteiger partial charge is 0.328 e. The van der Waals surface area contributed by atoms with E-state index in [9.17, 15) is 43.5 Å². The Hall–Kier alpha value is -5.38. The first-order valence-electron chi connectivity index (χ1n) is 25.2. The van der Waals surface area contributed by atoms with E-state index in [4.69, 9.17) is 29.4 Å². The Balaban J connectivity index is 3.94. The van der Waals surface area contributed by atoms with Crippen LogP contribution in [0.2, 0.25) is 0 Å². The van der Waals surface area contributed by atoms with Crippen LogP contribution in [0.3, 0.4) is 0 Å². The van der Waals surface area contributed by atoms with Crippen molar-refractivity contribution < 1.29 is 67.1 Å². The van der Waals surface area contributed by atoms with Crippen LogP contribution in [-0.4, -0.2) is 142 Å². The van der Waals surface area contributed by atoms with E-state index in [-0.39, 0.29) is 13.0 Å². The van der Waals surface area contributed by atoms with E-state index in [1.54, 1.807) is 128 Å². The SMILES string of the molecule is CC[C@H](C)[C@H](NC(=O)[C@H](COC(C)(C)C)NC(=O)[C@H](Cc1ccc(OC(C)(C)C)cc1)NC(=O)[C@H](CC(=O)OC(C)(C)C)NC(=O)[C@H](COC(C)(C)C)NC(=O)[C@@H](N)[C@@H](C)OC(C)(C)C)C(=O)NC(C)(C)C(=O)O. The van der Waals surface area contributed by atoms with Gasteiger partial charge in [-0.25, -0.2) is 4.79 Å². The van der Waals surface area contributed by atoms with Crippen LogP contribution in [0.4, 0.5) is 0 Å². The number of amides is 6. The standard InChI is InChI=1S/C53H91N7O14/c1-21-30(2)40(46(67)60-53(19,20)47(68)69)59-44(65)37(29-71-49(7,8)9)57-41(62)34(26-32-22-24-33(25-23-32)73-51(13,14)15)55-42(63)35(27-38(61)74-52(16,17)18)56-43(64)36(28-70-48(4,5)6)58-45(66)39(54)31(3)72-50(10,11)12/h22-25,30-31,34-37,39-40H,21,26-29,54H2,1-20H3,(H,55,63)(H,56,64)(H,57,62)(H,58,66)(H,59,65)(H,60,67)(H,68,69)/t30-,31+,34-,35-,36-,37-,39-,40-/m0/s1. The molecule has 0 aliphatic heterocycles. The van der Waals surface area contributed by atoms with Gasteiger partial charge >= 0.3 is 11.9 Å². The lowest BCUT2D eigenvalue weighted by Gasteiger charge is -2.31. The molecule has 0 aliphatic carbocycles. The van der Waals surface area contributed by atoms with E-state index in [2.05, 4.69) is 31.9 Å². The summed E-state index contributed by atoms with van der Waals surface area (Å²) in [6, 6.07) is -1.99. The molecule has 8 atom stereocenters. The maximum absolute atomic E-state index is 14.7. The number of aliphatic carboxylic acids is 1. The molecule has 1 aromatic carbocycles. The molecule has 6 amide bonds. The molecule has 0 radical (unpaired) electrons. The lowest BCUT2D eigenvalue weighted by atomic mass is 9.96. The summed E-state index contributed by atoms with van der Waals surface area (Å²) in [4.78, 5) is 111. The number of nitrogens with two attached hydrogens (primary N) is 1. The first kappa shape index (κ1) is 66.6. The Bertz CT molecular complexity index is 2060. The van der Waals surface area contributed by atoms with Gasteiger partial charge in [0.05, 0.1) is 42.5 Å². The molecule has 0 saturated carbocycles. The number of benzene rings is 1. The van der Waals surface area contributed by atoms with Gasteiger partial charge in [-0.2, -0.15) is 0 Å². The average Bonchev–Trinajstić information content (AvgIpc) is 3.22. The summed E-state index contributed by atoms with van der Waals surface area (Å²) >= 11 is 0. The lowest BCUT2D eigenvalue weighted by Crippen LogP contribution is -2.63. The van der Waals surface area contributed by atoms with Crippen molar-refractivity contribution in [3.63, 3.8) is 0 Å². The summed E-state index contributed by atoms with van der Waals surface area (Å²) in [5, 5.41) is 25.4. The van der Waals surface area contributed by atoms with E-state index >= 15 is 0 Å². The molecular formula is C53H91N7O14. The maximum atomic E-state index is 14.7. The molecule has 1 rings (SSSR count). The van der Waals surface area contributed by atoms with Gasteiger partial charge in [0.1, 0.15) is 58.7 Å². The zero-order chi connectivity index (χ0) is 57.5. The molecule has 0 saturated heterocycles. The van der Waals surface area contributed by atoms with Crippen molar-refractivity contribution in [1.82, 2.24) is 31.9 Å². The van der Waals surface area contributed by atoms with E-state index in [0.717, 1.165) is 0 Å². The third-order valence-corrected chi connectivity index (χ3v) is 10.6. The molecule has 9 N–H and O–H groups in total. The van der Waals surface area contributed by atoms with Crippen molar-refractivity contribution in [3.8, 4) is 5.75 Å². The Morgan fingerprint density at radius 2 is 0.986 bits per heavy atom. The first-order valence-corrected chi connectivity index (χ1v) is 25.2. The predicted molar refractivity (Wildman–Crippen MR) is 280 cm³/mol. The summed E-state index contributed by atoms with van der Waals surface area (Å²) in [7, 11) is 0. The number of carbonyl (C=O) groups excluding carboxylic acids is 7. The minimum absolute atomic E-state index is 0.206. The fourth-order valence-corrected chi connectivity index (χ4v) is 6.61. The van der Waals surface area contributed by atoms with Gasteiger partial charge in [-0.05, 0) is 148 Å². The molecule has 1 aromatic rings. The molecule has 21 nitrogen and oxygen atoms in total. The van der Waals surface area contributed by atoms with Crippen molar-refractivity contribution in [2.45, 2.75) is 234 Å². The highest BCUT2D eigenvalue weighted by Crippen LogP contribution is 2.21. The number of ether oxygens (including phenoxy) is 5. The van der Waals surface area contributed by atoms with Crippen LogP contribution in [0.5, 0.6) is 5.75 Å². The van der Waals surface area contributed by atoms with Crippen molar-refractivity contribution in [2.24, 2.45) is 11.7 Å². The minimum Gasteiger partial charge on any atom is -0.488 e. The van der Waals surface area contributed by atoms with Crippen LogP contribution in [0.25, 0.3) is 0 Å². The highest BCUT2D eigenvalue weighted by atomic mass is 16.6. The summed E-state index contributed by atoms with van der Waals surface area (Å²) in [5.41, 5.74) is 1.26. The van der Waals surface area contributed by atoms with Gasteiger partial charge in [-0.1, -0.05) is 32.4 Å². The fourth-order valence-electron chi connectivity index (χ4n) is 6.61. The minimum atomic E-state index is -1.73. The van der Waals surface area contributed by atoms with E-state index < -0.39 is 142 Å². The fraction of sp³-hybridized carbons (Fsp3) is 0.736. The zero-order valence-electron chi connectivity index (χ0n) is 47.8. The molecule has 0 aromatic heterocycles. The van der Waals surface area contributed by atoms with Gasteiger partial charge in [-0.15, -0.1) is 0 Å². The zero-order valence-corrected chi connectivity index (χ0v) is 47.8. The first-order chi connectivity index (χ1) is 33.4. The average molecular weight is 1050 g/mol. The monoisotopic (exact) mass is 1050 g/mol. The highest BCUT2D eigenvalue weighted by molar-refractivity contribution is 5.98. The van der Waals surface area contributed by atoms with Crippen molar-refractivity contribution in [1.29, 1.82) is 0 Å². The van der Waals surface area contributed by atoms with Crippen LogP contribution in [-0.2, 0) is 63.7 Å². The Kier molecular flexibility index (Phi) is 24.7. The molecule has 21 heteroatoms. The summed E-state index contributed by atoms with van der Waals surface area (Å²) < 4.78 is 29.3. The molecule has 74 heavy (non-hydrogen) atoms. The number of hydrogen-bond donors (Lipinski definition) is 8. The quantitative estimate of drug-likeness (QED) is 0.0613. The normalized spacial score (nSPS) is 15.9. The van der Waals surface area contributed by atoms with Gasteiger partial charge in [-0.3, -0.25) is 33.6 Å². The Morgan fingerprint density at radius 3 is 1.42 bits per heavy atom. The number of esters is 1. The number of nitrogens with one attached hydrogen (secondary N) is 6. The predicted octanol–water partition coefficient (Wildman–Crippen LogP) is 3.75. The molecule has 0 aliphatic rings. The summed E-state index contributed by atoms with van der Waals surface area (Å²) in [5.74, 6) is -7.46. The van der Waals surface area contributed by atoms with E-state index in [0.29, 0.717) is 17.7 Å².